The summed E-state index contributed by atoms with van der Waals surface area (Å²) in [6.45, 7) is 4.47. The first-order chi connectivity index (χ1) is 8.45. The molecule has 1 fully saturated rings. The van der Waals surface area contributed by atoms with E-state index in [0.29, 0.717) is 27.7 Å². The molecular weight excluding hydrogens is 297 g/mol. The number of rotatable bonds is 2. The molecule has 2 atom stereocenters. The molecule has 0 saturated heterocycles. The number of nitrogens with two attached hydrogens (primary N) is 1. The molecule has 18 heavy (non-hydrogen) atoms. The highest BCUT2D eigenvalue weighted by Crippen LogP contribution is 2.34. The molecule has 1 saturated carbocycles. The number of ether oxygens (including phenoxy) is 1. The second kappa shape index (κ2) is 5.47. The van der Waals surface area contributed by atoms with Gasteiger partial charge in [0.15, 0.2) is 0 Å². The van der Waals surface area contributed by atoms with Gasteiger partial charge in [-0.05, 0) is 53.1 Å². The van der Waals surface area contributed by atoms with Gasteiger partial charge in [-0.2, -0.15) is 0 Å². The van der Waals surface area contributed by atoms with Gasteiger partial charge in [0.25, 0.3) is 0 Å². The Morgan fingerprint density at radius 3 is 2.44 bits per heavy atom. The summed E-state index contributed by atoms with van der Waals surface area (Å²) < 4.78 is 19.7. The summed E-state index contributed by atoms with van der Waals surface area (Å²) in [4.78, 5) is 0. The lowest BCUT2D eigenvalue weighted by Crippen LogP contribution is -2.28. The van der Waals surface area contributed by atoms with Crippen LogP contribution in [0.1, 0.15) is 33.1 Å². The summed E-state index contributed by atoms with van der Waals surface area (Å²) in [6.07, 6.45) is 3.42. The molecule has 2 N–H and O–H groups in total. The fourth-order valence-corrected chi connectivity index (χ4v) is 3.16. The Kier molecular flexibility index (Phi) is 4.15. The van der Waals surface area contributed by atoms with Crippen LogP contribution in [-0.2, 0) is 0 Å². The van der Waals surface area contributed by atoms with Crippen molar-refractivity contribution in [2.45, 2.75) is 39.2 Å². The topological polar surface area (TPSA) is 35.2 Å². The van der Waals surface area contributed by atoms with Crippen molar-refractivity contribution >= 4 is 21.6 Å². The Hall–Kier alpha value is -0.770. The van der Waals surface area contributed by atoms with E-state index >= 15 is 0 Å². The normalized spacial score (nSPS) is 28.1. The zero-order chi connectivity index (χ0) is 13.3. The van der Waals surface area contributed by atoms with Gasteiger partial charge in [0.05, 0.1) is 16.3 Å². The van der Waals surface area contributed by atoms with E-state index < -0.39 is 0 Å². The molecular formula is C14H19BrFNO. The summed E-state index contributed by atoms with van der Waals surface area (Å²) in [7, 11) is 0. The number of halogens is 2. The number of anilines is 1. The third-order valence-corrected chi connectivity index (χ3v) is 4.09. The van der Waals surface area contributed by atoms with Crippen LogP contribution in [0.2, 0.25) is 0 Å². The van der Waals surface area contributed by atoms with Crippen LogP contribution in [0.3, 0.4) is 0 Å². The van der Waals surface area contributed by atoms with Crippen LogP contribution in [0, 0.1) is 17.7 Å². The third kappa shape index (κ3) is 3.16. The first-order valence-electron chi connectivity index (χ1n) is 6.37. The Labute approximate surface area is 116 Å². The maximum Gasteiger partial charge on any atom is 0.145 e. The molecule has 0 bridgehead atoms. The smallest absolute Gasteiger partial charge is 0.145 e. The predicted octanol–water partition coefficient (Wildman–Crippen LogP) is 4.37. The van der Waals surface area contributed by atoms with E-state index in [1.165, 1.54) is 12.5 Å². The maximum atomic E-state index is 13.5. The van der Waals surface area contributed by atoms with E-state index in [2.05, 4.69) is 29.8 Å². The first-order valence-corrected chi connectivity index (χ1v) is 7.16. The SMILES string of the molecule is CC1CC(C)CC(Oc2cc(F)c(Br)cc2N)C1. The average molecular weight is 316 g/mol. The van der Waals surface area contributed by atoms with Gasteiger partial charge in [0.1, 0.15) is 11.6 Å². The second-order valence-corrected chi connectivity index (χ2v) is 6.32. The first kappa shape index (κ1) is 13.7. The van der Waals surface area contributed by atoms with E-state index in [-0.39, 0.29) is 11.9 Å². The Bertz CT molecular complexity index is 428. The monoisotopic (exact) mass is 315 g/mol. The highest BCUT2D eigenvalue weighted by molar-refractivity contribution is 9.10. The molecule has 0 spiro atoms. The van der Waals surface area contributed by atoms with Crippen LogP contribution in [-0.4, -0.2) is 6.10 Å². The van der Waals surface area contributed by atoms with Crippen molar-refractivity contribution in [3.8, 4) is 5.75 Å². The minimum absolute atomic E-state index is 0.145. The number of benzene rings is 1. The zero-order valence-corrected chi connectivity index (χ0v) is 12.3. The molecule has 0 radical (unpaired) electrons. The lowest BCUT2D eigenvalue weighted by molar-refractivity contribution is 0.101. The van der Waals surface area contributed by atoms with Gasteiger partial charge in [0, 0.05) is 6.07 Å². The molecule has 4 heteroatoms. The molecule has 1 aliphatic rings. The predicted molar refractivity (Wildman–Crippen MR) is 75.1 cm³/mol. The van der Waals surface area contributed by atoms with Gasteiger partial charge in [-0.25, -0.2) is 4.39 Å². The van der Waals surface area contributed by atoms with Crippen molar-refractivity contribution in [3.05, 3.63) is 22.4 Å². The van der Waals surface area contributed by atoms with Gasteiger partial charge in [0.2, 0.25) is 0 Å². The number of hydrogen-bond acceptors (Lipinski definition) is 2. The third-order valence-electron chi connectivity index (χ3n) is 3.48. The van der Waals surface area contributed by atoms with Crippen molar-refractivity contribution in [2.24, 2.45) is 11.8 Å². The van der Waals surface area contributed by atoms with Crippen molar-refractivity contribution < 1.29 is 9.13 Å². The van der Waals surface area contributed by atoms with E-state index in [1.807, 2.05) is 0 Å². The number of hydrogen-bond donors (Lipinski definition) is 1. The summed E-state index contributed by atoms with van der Waals surface area (Å²) in [6, 6.07) is 2.92. The molecule has 2 unspecified atom stereocenters. The van der Waals surface area contributed by atoms with Crippen molar-refractivity contribution in [1.82, 2.24) is 0 Å². The molecule has 2 rings (SSSR count). The van der Waals surface area contributed by atoms with Crippen molar-refractivity contribution in [1.29, 1.82) is 0 Å². The van der Waals surface area contributed by atoms with Crippen LogP contribution in [0.5, 0.6) is 5.75 Å². The Morgan fingerprint density at radius 1 is 1.22 bits per heavy atom. The summed E-state index contributed by atoms with van der Waals surface area (Å²) in [5, 5.41) is 0. The quantitative estimate of drug-likeness (QED) is 0.822. The van der Waals surface area contributed by atoms with Gasteiger partial charge in [-0.3, -0.25) is 0 Å². The summed E-state index contributed by atoms with van der Waals surface area (Å²) >= 11 is 3.11. The fourth-order valence-electron chi connectivity index (χ4n) is 2.79. The number of nitrogen functional groups attached to an aromatic ring is 1. The molecule has 1 aliphatic carbocycles. The van der Waals surface area contributed by atoms with Crippen molar-refractivity contribution in [3.63, 3.8) is 0 Å². The van der Waals surface area contributed by atoms with Crippen LogP contribution in [0.4, 0.5) is 10.1 Å². The van der Waals surface area contributed by atoms with Crippen LogP contribution in [0.15, 0.2) is 16.6 Å². The molecule has 0 amide bonds. The van der Waals surface area contributed by atoms with Gasteiger partial charge in [-0.15, -0.1) is 0 Å². The molecule has 100 valence electrons. The molecule has 2 nitrogen and oxygen atoms in total. The van der Waals surface area contributed by atoms with Crippen LogP contribution in [0.25, 0.3) is 0 Å². The van der Waals surface area contributed by atoms with E-state index in [1.54, 1.807) is 6.07 Å². The Morgan fingerprint density at radius 2 is 1.83 bits per heavy atom. The van der Waals surface area contributed by atoms with E-state index in [4.69, 9.17) is 10.5 Å². The zero-order valence-electron chi connectivity index (χ0n) is 10.7. The molecule has 0 aromatic heterocycles. The van der Waals surface area contributed by atoms with Crippen LogP contribution < -0.4 is 10.5 Å². The second-order valence-electron chi connectivity index (χ2n) is 5.46. The fraction of sp³-hybridized carbons (Fsp3) is 0.571. The Balaban J connectivity index is 2.11. The average Bonchev–Trinajstić information content (AvgIpc) is 2.24. The van der Waals surface area contributed by atoms with Gasteiger partial charge in [-0.1, -0.05) is 13.8 Å². The van der Waals surface area contributed by atoms with E-state index in [0.717, 1.165) is 12.8 Å². The lowest BCUT2D eigenvalue weighted by Gasteiger charge is -2.32. The maximum absolute atomic E-state index is 13.5. The minimum Gasteiger partial charge on any atom is -0.488 e. The van der Waals surface area contributed by atoms with E-state index in [9.17, 15) is 4.39 Å². The molecule has 1 aromatic rings. The standard InChI is InChI=1S/C14H19BrFNO/c1-8-3-9(2)5-10(4-8)18-14-7-12(16)11(15)6-13(14)17/h6-10H,3-5,17H2,1-2H3. The molecule has 0 aliphatic heterocycles. The largest absolute Gasteiger partial charge is 0.488 e. The lowest BCUT2D eigenvalue weighted by atomic mass is 9.82. The van der Waals surface area contributed by atoms with Crippen molar-refractivity contribution in [2.75, 3.05) is 5.73 Å². The highest BCUT2D eigenvalue weighted by Gasteiger charge is 2.25. The molecule has 0 heterocycles. The summed E-state index contributed by atoms with van der Waals surface area (Å²) in [5.41, 5.74) is 6.34. The minimum atomic E-state index is -0.337. The van der Waals surface area contributed by atoms with Gasteiger partial charge < -0.3 is 10.5 Å². The van der Waals surface area contributed by atoms with Crippen LogP contribution >= 0.6 is 15.9 Å². The summed E-state index contributed by atoms with van der Waals surface area (Å²) in [5.74, 6) is 1.43. The van der Waals surface area contributed by atoms with Gasteiger partial charge >= 0.3 is 0 Å². The highest BCUT2D eigenvalue weighted by atomic mass is 79.9. The molecule has 1 aromatic carbocycles.